The number of hydrogen-bond donors (Lipinski definition) is 1. The van der Waals surface area contributed by atoms with Gasteiger partial charge in [-0.25, -0.2) is 4.39 Å². The third kappa shape index (κ3) is 3.70. The molecule has 0 heterocycles. The highest BCUT2D eigenvalue weighted by Crippen LogP contribution is 2.15. The maximum atomic E-state index is 13.1. The Hall–Kier alpha value is -0.500. The number of rotatable bonds is 5. The summed E-state index contributed by atoms with van der Waals surface area (Å²) in [6, 6.07) is 5.28. The van der Waals surface area contributed by atoms with Gasteiger partial charge in [-0.05, 0) is 30.5 Å². The molecule has 0 nitrogen and oxygen atoms in total. The molecular formula is C12H17FS. The highest BCUT2D eigenvalue weighted by Gasteiger charge is 1.99. The standard InChI is InChI=1S/C12H17FS/c1-2-3-4-5-6-10-7-8-12(14)11(13)9-10/h7-9,14H,2-6H2,1H3. The Morgan fingerprint density at radius 3 is 2.64 bits per heavy atom. The SMILES string of the molecule is CCCCCCc1ccc(S)c(F)c1. The summed E-state index contributed by atoms with van der Waals surface area (Å²) in [6.45, 7) is 2.19. The van der Waals surface area contributed by atoms with Crippen molar-refractivity contribution in [3.8, 4) is 0 Å². The zero-order valence-corrected chi connectivity index (χ0v) is 9.49. The molecule has 0 aliphatic heterocycles. The average Bonchev–Trinajstić information content (AvgIpc) is 2.18. The normalized spacial score (nSPS) is 10.5. The maximum Gasteiger partial charge on any atom is 0.136 e. The largest absolute Gasteiger partial charge is 0.206 e. The van der Waals surface area contributed by atoms with Gasteiger partial charge in [-0.2, -0.15) is 0 Å². The van der Waals surface area contributed by atoms with Crippen LogP contribution in [0.3, 0.4) is 0 Å². The molecule has 0 radical (unpaired) electrons. The molecule has 0 aliphatic carbocycles. The second kappa shape index (κ2) is 6.07. The van der Waals surface area contributed by atoms with Crippen molar-refractivity contribution in [3.05, 3.63) is 29.6 Å². The van der Waals surface area contributed by atoms with Crippen molar-refractivity contribution in [3.63, 3.8) is 0 Å². The Morgan fingerprint density at radius 1 is 1.21 bits per heavy atom. The van der Waals surface area contributed by atoms with Gasteiger partial charge in [0.15, 0.2) is 0 Å². The van der Waals surface area contributed by atoms with E-state index in [1.165, 1.54) is 19.3 Å². The molecule has 0 atom stereocenters. The lowest BCUT2D eigenvalue weighted by Gasteiger charge is -2.02. The van der Waals surface area contributed by atoms with E-state index >= 15 is 0 Å². The number of aryl methyl sites for hydroxylation is 1. The Labute approximate surface area is 90.9 Å². The molecule has 1 aromatic carbocycles. The highest BCUT2D eigenvalue weighted by molar-refractivity contribution is 7.80. The van der Waals surface area contributed by atoms with Gasteiger partial charge in [0.05, 0.1) is 0 Å². The minimum Gasteiger partial charge on any atom is -0.206 e. The van der Waals surface area contributed by atoms with E-state index in [1.807, 2.05) is 6.07 Å². The van der Waals surface area contributed by atoms with E-state index in [0.29, 0.717) is 4.90 Å². The molecule has 0 aliphatic rings. The Kier molecular flexibility index (Phi) is 5.02. The number of unbranched alkanes of at least 4 members (excludes halogenated alkanes) is 3. The van der Waals surface area contributed by atoms with Crippen LogP contribution < -0.4 is 0 Å². The molecule has 1 aromatic rings. The van der Waals surface area contributed by atoms with Crippen LogP contribution in [0, 0.1) is 5.82 Å². The van der Waals surface area contributed by atoms with Crippen molar-refractivity contribution in [2.75, 3.05) is 0 Å². The van der Waals surface area contributed by atoms with Gasteiger partial charge in [0, 0.05) is 4.90 Å². The first-order valence-electron chi connectivity index (χ1n) is 5.21. The molecule has 78 valence electrons. The second-order valence-corrected chi connectivity index (χ2v) is 4.08. The van der Waals surface area contributed by atoms with Crippen molar-refractivity contribution in [1.29, 1.82) is 0 Å². The van der Waals surface area contributed by atoms with Crippen LogP contribution in [0.4, 0.5) is 4.39 Å². The molecule has 0 spiro atoms. The highest BCUT2D eigenvalue weighted by atomic mass is 32.1. The first-order valence-corrected chi connectivity index (χ1v) is 5.66. The summed E-state index contributed by atoms with van der Waals surface area (Å²) in [5, 5.41) is 0. The third-order valence-corrected chi connectivity index (χ3v) is 2.69. The Balaban J connectivity index is 2.39. The van der Waals surface area contributed by atoms with Crippen LogP contribution >= 0.6 is 12.6 Å². The minimum absolute atomic E-state index is 0.207. The predicted molar refractivity (Wildman–Crippen MR) is 61.5 cm³/mol. The topological polar surface area (TPSA) is 0 Å². The number of benzene rings is 1. The fraction of sp³-hybridized carbons (Fsp3) is 0.500. The van der Waals surface area contributed by atoms with E-state index in [0.717, 1.165) is 18.4 Å². The Bertz CT molecular complexity index is 284. The summed E-state index contributed by atoms with van der Waals surface area (Å²) < 4.78 is 13.1. The summed E-state index contributed by atoms with van der Waals surface area (Å²) in [7, 11) is 0. The molecule has 0 N–H and O–H groups in total. The zero-order chi connectivity index (χ0) is 10.4. The van der Waals surface area contributed by atoms with Gasteiger partial charge >= 0.3 is 0 Å². The van der Waals surface area contributed by atoms with Crippen LogP contribution in [0.25, 0.3) is 0 Å². The molecule has 0 bridgehead atoms. The first-order chi connectivity index (χ1) is 6.74. The first kappa shape index (κ1) is 11.6. The number of thiol groups is 1. The van der Waals surface area contributed by atoms with Gasteiger partial charge < -0.3 is 0 Å². The fourth-order valence-electron chi connectivity index (χ4n) is 1.46. The van der Waals surface area contributed by atoms with Gasteiger partial charge in [-0.3, -0.25) is 0 Å². The Morgan fingerprint density at radius 2 is 2.00 bits per heavy atom. The van der Waals surface area contributed by atoms with Gasteiger partial charge in [-0.15, -0.1) is 12.6 Å². The average molecular weight is 212 g/mol. The molecule has 2 heteroatoms. The summed E-state index contributed by atoms with van der Waals surface area (Å²) >= 11 is 3.99. The summed E-state index contributed by atoms with van der Waals surface area (Å²) in [4.78, 5) is 0.433. The van der Waals surface area contributed by atoms with Gasteiger partial charge in [0.1, 0.15) is 5.82 Å². The quantitative estimate of drug-likeness (QED) is 0.548. The zero-order valence-electron chi connectivity index (χ0n) is 8.59. The summed E-state index contributed by atoms with van der Waals surface area (Å²) in [6.07, 6.45) is 5.88. The van der Waals surface area contributed by atoms with Crippen molar-refractivity contribution in [2.45, 2.75) is 43.9 Å². The second-order valence-electron chi connectivity index (χ2n) is 3.60. The van der Waals surface area contributed by atoms with Crippen LogP contribution in [-0.4, -0.2) is 0 Å². The van der Waals surface area contributed by atoms with Crippen LogP contribution in [0.15, 0.2) is 23.1 Å². The smallest absolute Gasteiger partial charge is 0.136 e. The molecule has 0 saturated heterocycles. The van der Waals surface area contributed by atoms with Crippen molar-refractivity contribution >= 4 is 12.6 Å². The fourth-order valence-corrected chi connectivity index (χ4v) is 1.60. The van der Waals surface area contributed by atoms with E-state index in [-0.39, 0.29) is 5.82 Å². The van der Waals surface area contributed by atoms with E-state index < -0.39 is 0 Å². The molecule has 0 fully saturated rings. The molecule has 0 unspecified atom stereocenters. The third-order valence-electron chi connectivity index (χ3n) is 2.33. The lowest BCUT2D eigenvalue weighted by Crippen LogP contribution is -1.88. The van der Waals surface area contributed by atoms with E-state index in [2.05, 4.69) is 19.6 Å². The van der Waals surface area contributed by atoms with Crippen LogP contribution in [-0.2, 0) is 6.42 Å². The van der Waals surface area contributed by atoms with E-state index in [4.69, 9.17) is 0 Å². The number of halogens is 1. The predicted octanol–water partition coefficient (Wildman–Crippen LogP) is 4.24. The van der Waals surface area contributed by atoms with Gasteiger partial charge in [0.25, 0.3) is 0 Å². The molecular weight excluding hydrogens is 195 g/mol. The monoisotopic (exact) mass is 212 g/mol. The van der Waals surface area contributed by atoms with Crippen LogP contribution in [0.5, 0.6) is 0 Å². The van der Waals surface area contributed by atoms with Crippen molar-refractivity contribution < 1.29 is 4.39 Å². The van der Waals surface area contributed by atoms with Crippen LogP contribution in [0.1, 0.15) is 38.2 Å². The summed E-state index contributed by atoms with van der Waals surface area (Å²) in [5.41, 5.74) is 1.08. The van der Waals surface area contributed by atoms with Gasteiger partial charge in [0.2, 0.25) is 0 Å². The van der Waals surface area contributed by atoms with Crippen molar-refractivity contribution in [1.82, 2.24) is 0 Å². The number of hydrogen-bond acceptors (Lipinski definition) is 1. The van der Waals surface area contributed by atoms with Crippen LogP contribution in [0.2, 0.25) is 0 Å². The van der Waals surface area contributed by atoms with E-state index in [1.54, 1.807) is 12.1 Å². The van der Waals surface area contributed by atoms with Gasteiger partial charge in [-0.1, -0.05) is 32.3 Å². The van der Waals surface area contributed by atoms with E-state index in [9.17, 15) is 4.39 Å². The molecule has 0 saturated carbocycles. The minimum atomic E-state index is -0.207. The molecule has 0 amide bonds. The molecule has 14 heavy (non-hydrogen) atoms. The molecule has 1 rings (SSSR count). The van der Waals surface area contributed by atoms with Crippen molar-refractivity contribution in [2.24, 2.45) is 0 Å². The molecule has 0 aromatic heterocycles. The maximum absolute atomic E-state index is 13.1. The lowest BCUT2D eigenvalue weighted by atomic mass is 10.1. The lowest BCUT2D eigenvalue weighted by molar-refractivity contribution is 0.597. The summed E-state index contributed by atoms with van der Waals surface area (Å²) in [5.74, 6) is -0.207.